The number of anilines is 1. The molecule has 16 heavy (non-hydrogen) atoms. The number of rotatable bonds is 4. The molecule has 1 aromatic rings. The first-order valence-corrected chi connectivity index (χ1v) is 4.86. The fourth-order valence-electron chi connectivity index (χ4n) is 1.06. The van der Waals surface area contributed by atoms with Crippen molar-refractivity contribution in [3.05, 3.63) is 11.9 Å². The molecule has 1 heterocycles. The molecule has 0 unspecified atom stereocenters. The molecule has 0 saturated heterocycles. The second kappa shape index (κ2) is 5.29. The van der Waals surface area contributed by atoms with Crippen LogP contribution in [0.3, 0.4) is 0 Å². The number of carbonyl (C=O) groups excluding carboxylic acids is 1. The molecule has 0 aliphatic heterocycles. The summed E-state index contributed by atoms with van der Waals surface area (Å²) in [5.74, 6) is 1.64. The molecule has 6 heteroatoms. The van der Waals surface area contributed by atoms with Crippen molar-refractivity contribution in [2.24, 2.45) is 0 Å². The molecule has 0 saturated carbocycles. The summed E-state index contributed by atoms with van der Waals surface area (Å²) in [6.07, 6.45) is 0. The summed E-state index contributed by atoms with van der Waals surface area (Å²) in [6, 6.07) is 1.65. The minimum atomic E-state index is -0.0183. The molecule has 0 radical (unpaired) electrons. The van der Waals surface area contributed by atoms with Gasteiger partial charge in [0.15, 0.2) is 0 Å². The van der Waals surface area contributed by atoms with Crippen LogP contribution in [-0.4, -0.2) is 48.5 Å². The van der Waals surface area contributed by atoms with Crippen molar-refractivity contribution in [2.45, 2.75) is 6.92 Å². The first-order valence-electron chi connectivity index (χ1n) is 4.86. The molecule has 1 rings (SSSR count). The molecule has 0 bridgehead atoms. The number of aryl methyl sites for hydroxylation is 1. The van der Waals surface area contributed by atoms with Crippen molar-refractivity contribution in [2.75, 3.05) is 33.1 Å². The average molecular weight is 224 g/mol. The van der Waals surface area contributed by atoms with E-state index < -0.39 is 0 Å². The van der Waals surface area contributed by atoms with Crippen LogP contribution in [-0.2, 0) is 4.79 Å². The first-order chi connectivity index (χ1) is 7.52. The minimum absolute atomic E-state index is 0.0183. The summed E-state index contributed by atoms with van der Waals surface area (Å²) in [4.78, 5) is 21.0. The largest absolute Gasteiger partial charge is 0.481 e. The van der Waals surface area contributed by atoms with E-state index >= 15 is 0 Å². The zero-order valence-corrected chi connectivity index (χ0v) is 9.94. The highest BCUT2D eigenvalue weighted by Crippen LogP contribution is 2.12. The van der Waals surface area contributed by atoms with Crippen LogP contribution < -0.4 is 10.1 Å². The highest BCUT2D eigenvalue weighted by Gasteiger charge is 2.05. The van der Waals surface area contributed by atoms with Gasteiger partial charge in [0, 0.05) is 20.2 Å². The second-order valence-corrected chi connectivity index (χ2v) is 3.48. The Morgan fingerprint density at radius 3 is 2.75 bits per heavy atom. The smallest absolute Gasteiger partial charge is 0.241 e. The van der Waals surface area contributed by atoms with Crippen LogP contribution in [0.1, 0.15) is 5.82 Å². The van der Waals surface area contributed by atoms with Gasteiger partial charge in [-0.15, -0.1) is 0 Å². The molecule has 1 N–H and O–H groups in total. The quantitative estimate of drug-likeness (QED) is 0.796. The predicted octanol–water partition coefficient (Wildman–Crippen LogP) is 0.294. The molecule has 0 aliphatic carbocycles. The monoisotopic (exact) mass is 224 g/mol. The van der Waals surface area contributed by atoms with Crippen LogP contribution in [0.25, 0.3) is 0 Å². The lowest BCUT2D eigenvalue weighted by Gasteiger charge is -2.11. The van der Waals surface area contributed by atoms with Crippen molar-refractivity contribution in [1.82, 2.24) is 14.9 Å². The van der Waals surface area contributed by atoms with Gasteiger partial charge in [-0.05, 0) is 6.92 Å². The second-order valence-electron chi connectivity index (χ2n) is 3.48. The number of ether oxygens (including phenoxy) is 1. The molecule has 1 amide bonds. The van der Waals surface area contributed by atoms with Crippen LogP contribution in [0.15, 0.2) is 6.07 Å². The Morgan fingerprint density at radius 2 is 2.19 bits per heavy atom. The Balaban J connectivity index is 2.67. The Bertz CT molecular complexity index is 379. The Kier molecular flexibility index (Phi) is 4.04. The number of nitrogens with zero attached hydrogens (tertiary/aromatic N) is 3. The number of aromatic nitrogens is 2. The highest BCUT2D eigenvalue weighted by molar-refractivity contribution is 5.80. The van der Waals surface area contributed by atoms with Crippen molar-refractivity contribution >= 4 is 11.7 Å². The van der Waals surface area contributed by atoms with Crippen molar-refractivity contribution in [3.63, 3.8) is 0 Å². The van der Waals surface area contributed by atoms with E-state index in [4.69, 9.17) is 4.74 Å². The van der Waals surface area contributed by atoms with Gasteiger partial charge >= 0.3 is 0 Å². The van der Waals surface area contributed by atoms with Gasteiger partial charge in [0.25, 0.3) is 0 Å². The van der Waals surface area contributed by atoms with E-state index in [1.807, 2.05) is 0 Å². The lowest BCUT2D eigenvalue weighted by Crippen LogP contribution is -2.28. The molecule has 6 nitrogen and oxygen atoms in total. The fraction of sp³-hybridized carbons (Fsp3) is 0.500. The highest BCUT2D eigenvalue weighted by atomic mass is 16.5. The van der Waals surface area contributed by atoms with Crippen LogP contribution in [0.2, 0.25) is 0 Å². The standard InChI is InChI=1S/C10H16N4O2/c1-7-12-8(5-9(13-7)16-4)11-6-10(15)14(2)3/h5H,6H2,1-4H3,(H,11,12,13). The van der Waals surface area contributed by atoms with Gasteiger partial charge in [0.05, 0.1) is 13.7 Å². The summed E-state index contributed by atoms with van der Waals surface area (Å²) >= 11 is 0. The predicted molar refractivity (Wildman–Crippen MR) is 60.5 cm³/mol. The molecular weight excluding hydrogens is 208 g/mol. The number of nitrogens with one attached hydrogen (secondary N) is 1. The third-order valence-corrected chi connectivity index (χ3v) is 1.94. The van der Waals surface area contributed by atoms with Crippen molar-refractivity contribution < 1.29 is 9.53 Å². The third-order valence-electron chi connectivity index (χ3n) is 1.94. The number of hydrogen-bond donors (Lipinski definition) is 1. The van der Waals surface area contributed by atoms with E-state index in [2.05, 4.69) is 15.3 Å². The van der Waals surface area contributed by atoms with E-state index in [0.717, 1.165) is 0 Å². The first kappa shape index (κ1) is 12.2. The van der Waals surface area contributed by atoms with Gasteiger partial charge in [-0.1, -0.05) is 0 Å². The fourth-order valence-corrected chi connectivity index (χ4v) is 1.06. The summed E-state index contributed by atoms with van der Waals surface area (Å²) < 4.78 is 5.00. The number of likely N-dealkylation sites (N-methyl/N-ethyl adjacent to an activating group) is 1. The van der Waals surface area contributed by atoms with Crippen LogP contribution in [0.4, 0.5) is 5.82 Å². The maximum Gasteiger partial charge on any atom is 0.241 e. The average Bonchev–Trinajstić information content (AvgIpc) is 2.24. The Morgan fingerprint density at radius 1 is 1.50 bits per heavy atom. The molecule has 1 aromatic heterocycles. The van der Waals surface area contributed by atoms with Gasteiger partial charge in [0.2, 0.25) is 11.8 Å². The zero-order valence-electron chi connectivity index (χ0n) is 9.94. The number of carbonyl (C=O) groups is 1. The topological polar surface area (TPSA) is 67.3 Å². The number of amides is 1. The van der Waals surface area contributed by atoms with Crippen LogP contribution in [0.5, 0.6) is 5.88 Å². The molecule has 0 aromatic carbocycles. The zero-order chi connectivity index (χ0) is 12.1. The lowest BCUT2D eigenvalue weighted by molar-refractivity contribution is -0.126. The van der Waals surface area contributed by atoms with Crippen LogP contribution >= 0.6 is 0 Å². The SMILES string of the molecule is COc1cc(NCC(=O)N(C)C)nc(C)n1. The molecule has 0 aliphatic rings. The minimum Gasteiger partial charge on any atom is -0.481 e. The normalized spacial score (nSPS) is 9.75. The summed E-state index contributed by atoms with van der Waals surface area (Å²) in [5.41, 5.74) is 0. The van der Waals surface area contributed by atoms with E-state index in [0.29, 0.717) is 17.5 Å². The molecule has 88 valence electrons. The Labute approximate surface area is 94.6 Å². The number of methoxy groups -OCH3 is 1. The van der Waals surface area contributed by atoms with E-state index in [1.54, 1.807) is 27.1 Å². The van der Waals surface area contributed by atoms with Gasteiger partial charge in [0.1, 0.15) is 11.6 Å². The summed E-state index contributed by atoms with van der Waals surface area (Å²) in [6.45, 7) is 1.97. The molecule has 0 fully saturated rings. The Hall–Kier alpha value is -1.85. The lowest BCUT2D eigenvalue weighted by atomic mass is 10.4. The van der Waals surface area contributed by atoms with Crippen molar-refractivity contribution in [1.29, 1.82) is 0 Å². The van der Waals surface area contributed by atoms with E-state index in [1.165, 1.54) is 12.0 Å². The van der Waals surface area contributed by atoms with Crippen LogP contribution in [0, 0.1) is 6.92 Å². The van der Waals surface area contributed by atoms with Gasteiger partial charge in [-0.3, -0.25) is 4.79 Å². The third kappa shape index (κ3) is 3.38. The number of hydrogen-bond acceptors (Lipinski definition) is 5. The summed E-state index contributed by atoms with van der Waals surface area (Å²) in [5, 5.41) is 2.92. The van der Waals surface area contributed by atoms with Gasteiger partial charge < -0.3 is 15.0 Å². The molecule has 0 atom stereocenters. The van der Waals surface area contributed by atoms with Crippen molar-refractivity contribution in [3.8, 4) is 5.88 Å². The maximum atomic E-state index is 11.3. The molecule has 0 spiro atoms. The molecular formula is C10H16N4O2. The van der Waals surface area contributed by atoms with Gasteiger partial charge in [-0.25, -0.2) is 4.98 Å². The summed E-state index contributed by atoms with van der Waals surface area (Å²) in [7, 11) is 4.95. The van der Waals surface area contributed by atoms with E-state index in [-0.39, 0.29) is 12.5 Å². The van der Waals surface area contributed by atoms with E-state index in [9.17, 15) is 4.79 Å². The maximum absolute atomic E-state index is 11.3. The van der Waals surface area contributed by atoms with Gasteiger partial charge in [-0.2, -0.15) is 4.98 Å².